The Hall–Kier alpha value is -3.34. The zero-order valence-electron chi connectivity index (χ0n) is 19.5. The Labute approximate surface area is 209 Å². The summed E-state index contributed by atoms with van der Waals surface area (Å²) >= 11 is 3.29. The molecular formula is C24H27BrN8O2. The molecule has 0 aliphatic heterocycles. The Morgan fingerprint density at radius 2 is 2.00 bits per heavy atom. The van der Waals surface area contributed by atoms with Crippen LogP contribution in [0.3, 0.4) is 0 Å². The average Bonchev–Trinajstić information content (AvgIpc) is 3.36. The van der Waals surface area contributed by atoms with E-state index in [1.807, 2.05) is 18.2 Å². The van der Waals surface area contributed by atoms with Crippen molar-refractivity contribution in [2.75, 3.05) is 0 Å². The molecule has 1 aromatic carbocycles. The SMILES string of the molecule is CCCCCn1c(=N)n(C(=N)CCc2nc(C3(c4ccccc4)CC3)no2)c(=O)c2[nH]c(Br)nc21. The van der Waals surface area contributed by atoms with Crippen molar-refractivity contribution < 1.29 is 4.52 Å². The maximum atomic E-state index is 13.1. The minimum absolute atomic E-state index is 0.000749. The molecule has 0 bridgehead atoms. The fraction of sp³-hybridized carbons (Fsp3) is 0.417. The van der Waals surface area contributed by atoms with Gasteiger partial charge < -0.3 is 9.51 Å². The first-order valence-electron chi connectivity index (χ1n) is 11.9. The van der Waals surface area contributed by atoms with Gasteiger partial charge in [0.15, 0.2) is 21.7 Å². The van der Waals surface area contributed by atoms with E-state index in [4.69, 9.17) is 15.3 Å². The van der Waals surface area contributed by atoms with Crippen LogP contribution in [0.1, 0.15) is 62.7 Å². The molecule has 0 radical (unpaired) electrons. The molecule has 1 aliphatic carbocycles. The fourth-order valence-corrected chi connectivity index (χ4v) is 4.87. The second kappa shape index (κ2) is 9.37. The average molecular weight is 539 g/mol. The Balaban J connectivity index is 1.38. The molecule has 0 saturated heterocycles. The van der Waals surface area contributed by atoms with Gasteiger partial charge in [0.25, 0.3) is 5.56 Å². The van der Waals surface area contributed by atoms with E-state index in [-0.39, 0.29) is 28.8 Å². The largest absolute Gasteiger partial charge is 0.339 e. The van der Waals surface area contributed by atoms with E-state index in [1.54, 1.807) is 4.57 Å². The van der Waals surface area contributed by atoms with Gasteiger partial charge in [-0.15, -0.1) is 0 Å². The summed E-state index contributed by atoms with van der Waals surface area (Å²) in [5.41, 5.74) is 1.15. The summed E-state index contributed by atoms with van der Waals surface area (Å²) in [7, 11) is 0. The lowest BCUT2D eigenvalue weighted by molar-refractivity contribution is 0.371. The maximum Gasteiger partial charge on any atom is 0.286 e. The van der Waals surface area contributed by atoms with E-state index in [9.17, 15) is 4.79 Å². The number of hydrogen-bond donors (Lipinski definition) is 3. The molecule has 1 aliphatic rings. The summed E-state index contributed by atoms with van der Waals surface area (Å²) in [6.45, 7) is 2.65. The molecule has 11 heteroatoms. The Kier molecular flexibility index (Phi) is 6.26. The van der Waals surface area contributed by atoms with Crippen molar-refractivity contribution in [1.29, 1.82) is 10.8 Å². The van der Waals surface area contributed by atoms with E-state index < -0.39 is 5.56 Å². The standard InChI is InChI=1S/C24H27BrN8O2/c1-2-3-7-14-32-19-18(29-22(25)30-19)20(34)33(23(32)27)16(26)10-11-17-28-21(31-35-17)24(12-13-24)15-8-5-4-6-9-15/h4-6,8-9,26-27H,2-3,7,10-14H2,1H3,(H,29,30). The minimum atomic E-state index is -0.466. The third-order valence-electron chi connectivity index (χ3n) is 6.60. The molecule has 1 fully saturated rings. The summed E-state index contributed by atoms with van der Waals surface area (Å²) in [5.74, 6) is 1.09. The molecule has 3 heterocycles. The number of unbranched alkanes of at least 4 members (excludes halogenated alkanes) is 2. The molecule has 0 atom stereocenters. The van der Waals surface area contributed by atoms with Crippen LogP contribution in [0.2, 0.25) is 0 Å². The summed E-state index contributed by atoms with van der Waals surface area (Å²) in [6, 6.07) is 10.2. The van der Waals surface area contributed by atoms with Crippen molar-refractivity contribution in [3.63, 3.8) is 0 Å². The predicted molar refractivity (Wildman–Crippen MR) is 134 cm³/mol. The quantitative estimate of drug-likeness (QED) is 0.128. The summed E-state index contributed by atoms with van der Waals surface area (Å²) < 4.78 is 8.73. The third-order valence-corrected chi connectivity index (χ3v) is 6.97. The number of benzene rings is 1. The molecule has 4 aromatic rings. The van der Waals surface area contributed by atoms with Crippen LogP contribution >= 0.6 is 15.9 Å². The van der Waals surface area contributed by atoms with E-state index in [0.29, 0.717) is 35.1 Å². The number of nitrogens with zero attached hydrogens (tertiary/aromatic N) is 5. The van der Waals surface area contributed by atoms with Crippen LogP contribution in [0.4, 0.5) is 0 Å². The zero-order valence-corrected chi connectivity index (χ0v) is 21.1. The van der Waals surface area contributed by atoms with E-state index >= 15 is 0 Å². The smallest absolute Gasteiger partial charge is 0.286 e. The summed E-state index contributed by atoms with van der Waals surface area (Å²) in [6.07, 6.45) is 5.33. The zero-order chi connectivity index (χ0) is 24.6. The molecule has 35 heavy (non-hydrogen) atoms. The van der Waals surface area contributed by atoms with E-state index in [2.05, 4.69) is 55.1 Å². The third kappa shape index (κ3) is 4.29. The lowest BCUT2D eigenvalue weighted by Gasteiger charge is -2.13. The molecule has 5 rings (SSSR count). The number of imidazole rings is 1. The molecule has 3 aromatic heterocycles. The molecule has 182 valence electrons. The first kappa shape index (κ1) is 23.4. The molecular weight excluding hydrogens is 512 g/mol. The molecule has 0 spiro atoms. The molecule has 10 nitrogen and oxygen atoms in total. The number of aryl methyl sites for hydroxylation is 2. The number of halogens is 1. The topological polar surface area (TPSA) is 142 Å². The van der Waals surface area contributed by atoms with Crippen LogP contribution in [0.5, 0.6) is 0 Å². The highest BCUT2D eigenvalue weighted by atomic mass is 79.9. The Bertz CT molecular complexity index is 1490. The van der Waals surface area contributed by atoms with Crippen molar-refractivity contribution in [2.24, 2.45) is 0 Å². The summed E-state index contributed by atoms with van der Waals surface area (Å²) in [4.78, 5) is 25.0. The highest BCUT2D eigenvalue weighted by Gasteiger charge is 2.49. The highest BCUT2D eigenvalue weighted by Crippen LogP contribution is 2.52. The number of fused-ring (bicyclic) bond motifs is 1. The van der Waals surface area contributed by atoms with Gasteiger partial charge in [0.05, 0.1) is 5.41 Å². The fourth-order valence-electron chi connectivity index (χ4n) is 4.50. The van der Waals surface area contributed by atoms with Gasteiger partial charge in [0.1, 0.15) is 5.84 Å². The van der Waals surface area contributed by atoms with Crippen molar-refractivity contribution in [2.45, 2.75) is 63.8 Å². The number of hydrogen-bond acceptors (Lipinski definition) is 7. The Morgan fingerprint density at radius 1 is 1.23 bits per heavy atom. The second-order valence-corrected chi connectivity index (χ2v) is 9.71. The maximum absolute atomic E-state index is 13.1. The second-order valence-electron chi connectivity index (χ2n) is 8.96. The first-order chi connectivity index (χ1) is 16.9. The van der Waals surface area contributed by atoms with Crippen molar-refractivity contribution >= 4 is 32.9 Å². The molecule has 3 N–H and O–H groups in total. The van der Waals surface area contributed by atoms with Gasteiger partial charge in [-0.1, -0.05) is 55.3 Å². The Morgan fingerprint density at radius 3 is 2.71 bits per heavy atom. The lowest BCUT2D eigenvalue weighted by Crippen LogP contribution is -2.44. The number of H-pyrrole nitrogens is 1. The van der Waals surface area contributed by atoms with E-state index in [1.165, 1.54) is 5.56 Å². The van der Waals surface area contributed by atoms with E-state index in [0.717, 1.165) is 36.7 Å². The van der Waals surface area contributed by atoms with Crippen molar-refractivity contribution in [3.05, 3.63) is 68.3 Å². The van der Waals surface area contributed by atoms with Crippen LogP contribution in [0.25, 0.3) is 11.2 Å². The minimum Gasteiger partial charge on any atom is -0.339 e. The monoisotopic (exact) mass is 538 g/mol. The van der Waals surface area contributed by atoms with Crippen LogP contribution in [0, 0.1) is 10.8 Å². The summed E-state index contributed by atoms with van der Waals surface area (Å²) in [5, 5.41) is 21.5. The van der Waals surface area contributed by atoms with Gasteiger partial charge in [-0.25, -0.2) is 9.55 Å². The van der Waals surface area contributed by atoms with Crippen LogP contribution in [0.15, 0.2) is 44.4 Å². The number of aromatic amines is 1. The van der Waals surface area contributed by atoms with Gasteiger partial charge in [-0.3, -0.25) is 20.2 Å². The van der Waals surface area contributed by atoms with Gasteiger partial charge in [0, 0.05) is 19.4 Å². The lowest BCUT2D eigenvalue weighted by atomic mass is 9.95. The van der Waals surface area contributed by atoms with Gasteiger partial charge in [-0.05, 0) is 40.8 Å². The molecule has 0 unspecified atom stereocenters. The number of aromatic nitrogens is 6. The normalized spacial score (nSPS) is 14.5. The van der Waals surface area contributed by atoms with Crippen LogP contribution in [-0.2, 0) is 18.4 Å². The molecule has 1 saturated carbocycles. The first-order valence-corrected chi connectivity index (χ1v) is 12.7. The van der Waals surface area contributed by atoms with Crippen LogP contribution in [-0.4, -0.2) is 35.1 Å². The van der Waals surface area contributed by atoms with Gasteiger partial charge >= 0.3 is 0 Å². The van der Waals surface area contributed by atoms with Crippen molar-refractivity contribution in [3.8, 4) is 0 Å². The van der Waals surface area contributed by atoms with Gasteiger partial charge in [-0.2, -0.15) is 4.98 Å². The number of rotatable bonds is 9. The predicted octanol–water partition coefficient (Wildman–Crippen LogP) is 3.88. The van der Waals surface area contributed by atoms with Crippen LogP contribution < -0.4 is 11.2 Å². The number of nitrogens with one attached hydrogen (secondary N) is 3. The highest BCUT2D eigenvalue weighted by molar-refractivity contribution is 9.10. The van der Waals surface area contributed by atoms with Crippen molar-refractivity contribution in [1.82, 2.24) is 29.2 Å². The van der Waals surface area contributed by atoms with Gasteiger partial charge in [0.2, 0.25) is 11.5 Å². The molecule has 0 amide bonds.